The first-order chi connectivity index (χ1) is 7.25. The number of alkyl halides is 1. The van der Waals surface area contributed by atoms with E-state index in [4.69, 9.17) is 11.6 Å². The van der Waals surface area contributed by atoms with Gasteiger partial charge >= 0.3 is 0 Å². The van der Waals surface area contributed by atoms with Crippen LogP contribution in [0.5, 0.6) is 0 Å². The van der Waals surface area contributed by atoms with Crippen LogP contribution < -0.4 is 0 Å². The van der Waals surface area contributed by atoms with Gasteiger partial charge in [-0.1, -0.05) is 30.5 Å². The van der Waals surface area contributed by atoms with Gasteiger partial charge in [-0.3, -0.25) is 0 Å². The lowest BCUT2D eigenvalue weighted by atomic mass is 10.00. The molecule has 0 saturated heterocycles. The molecule has 0 aliphatic heterocycles. The topological polar surface area (TPSA) is 0 Å². The molecule has 0 radical (unpaired) electrons. The van der Waals surface area contributed by atoms with Crippen molar-refractivity contribution in [1.82, 2.24) is 0 Å². The number of benzene rings is 1. The minimum atomic E-state index is 0.366. The van der Waals surface area contributed by atoms with E-state index in [0.29, 0.717) is 10.6 Å². The summed E-state index contributed by atoms with van der Waals surface area (Å²) in [6.45, 7) is 2.12. The van der Waals surface area contributed by atoms with Gasteiger partial charge in [-0.2, -0.15) is 0 Å². The van der Waals surface area contributed by atoms with E-state index in [9.17, 15) is 0 Å². The second-order valence-corrected chi connectivity index (χ2v) is 6.14. The number of rotatable bonds is 2. The second kappa shape index (κ2) is 5.27. The van der Waals surface area contributed by atoms with Gasteiger partial charge in [0.1, 0.15) is 0 Å². The average Bonchev–Trinajstić information content (AvgIpc) is 2.25. The fraction of sp³-hybridized carbons (Fsp3) is 0.538. The molecule has 1 saturated carbocycles. The molecule has 1 fully saturated rings. The largest absolute Gasteiger partial charge is 0.122 e. The number of hydrogen-bond acceptors (Lipinski definition) is 1. The van der Waals surface area contributed by atoms with E-state index in [1.807, 2.05) is 11.8 Å². The second-order valence-electron chi connectivity index (χ2n) is 4.27. The smallest absolute Gasteiger partial charge is 0.0458 e. The molecule has 0 bridgehead atoms. The van der Waals surface area contributed by atoms with Crippen molar-refractivity contribution in [3.63, 3.8) is 0 Å². The summed E-state index contributed by atoms with van der Waals surface area (Å²) in [5.41, 5.74) is 1.32. The van der Waals surface area contributed by atoms with Crippen molar-refractivity contribution in [1.29, 1.82) is 0 Å². The molecule has 15 heavy (non-hydrogen) atoms. The monoisotopic (exact) mass is 240 g/mol. The molecule has 82 valence electrons. The van der Waals surface area contributed by atoms with Crippen molar-refractivity contribution in [3.05, 3.63) is 29.8 Å². The summed E-state index contributed by atoms with van der Waals surface area (Å²) in [7, 11) is 0. The average molecular weight is 241 g/mol. The van der Waals surface area contributed by atoms with E-state index in [2.05, 4.69) is 31.2 Å². The van der Waals surface area contributed by atoms with Gasteiger partial charge in [-0.05, 0) is 31.9 Å². The van der Waals surface area contributed by atoms with E-state index in [0.717, 1.165) is 0 Å². The van der Waals surface area contributed by atoms with Gasteiger partial charge in [0.05, 0.1) is 0 Å². The summed E-state index contributed by atoms with van der Waals surface area (Å²) in [4.78, 5) is 1.36. The number of halogens is 1. The molecule has 0 nitrogen and oxygen atoms in total. The summed E-state index contributed by atoms with van der Waals surface area (Å²) < 4.78 is 0. The molecule has 0 heterocycles. The standard InChI is InChI=1S/C13H17ClS/c1-10-6-8-11(9-7-10)15-13-5-3-2-4-12(13)14/h6-9,12-13H,2-5H2,1H3/t12-,13-/m1/s1. The Hall–Kier alpha value is -0.140. The molecule has 2 heteroatoms. The van der Waals surface area contributed by atoms with Gasteiger partial charge < -0.3 is 0 Å². The maximum atomic E-state index is 6.34. The normalized spacial score (nSPS) is 26.5. The number of thioether (sulfide) groups is 1. The van der Waals surface area contributed by atoms with E-state index in [1.165, 1.54) is 36.1 Å². The first-order valence-corrected chi connectivity index (χ1v) is 6.95. The third kappa shape index (κ3) is 3.15. The van der Waals surface area contributed by atoms with Gasteiger partial charge in [0.2, 0.25) is 0 Å². The van der Waals surface area contributed by atoms with Crippen LogP contribution in [0.25, 0.3) is 0 Å². The molecule has 1 aliphatic rings. The molecule has 0 N–H and O–H groups in total. The van der Waals surface area contributed by atoms with Gasteiger partial charge in [0.15, 0.2) is 0 Å². The van der Waals surface area contributed by atoms with Crippen molar-refractivity contribution < 1.29 is 0 Å². The Morgan fingerprint density at radius 1 is 1.13 bits per heavy atom. The van der Waals surface area contributed by atoms with Gasteiger partial charge in [-0.15, -0.1) is 23.4 Å². The minimum absolute atomic E-state index is 0.366. The Labute approximate surface area is 101 Å². The van der Waals surface area contributed by atoms with Crippen LogP contribution in [0.2, 0.25) is 0 Å². The lowest BCUT2D eigenvalue weighted by Crippen LogP contribution is -2.21. The third-order valence-corrected chi connectivity index (χ3v) is 5.01. The minimum Gasteiger partial charge on any atom is -0.122 e. The summed E-state index contributed by atoms with van der Waals surface area (Å²) in [6.07, 6.45) is 5.10. The molecule has 1 aromatic rings. The van der Waals surface area contributed by atoms with Gasteiger partial charge in [0, 0.05) is 15.5 Å². The zero-order chi connectivity index (χ0) is 10.7. The zero-order valence-electron chi connectivity index (χ0n) is 9.08. The molecular weight excluding hydrogens is 224 g/mol. The van der Waals surface area contributed by atoms with Crippen LogP contribution in [-0.4, -0.2) is 10.6 Å². The Kier molecular flexibility index (Phi) is 3.99. The highest BCUT2D eigenvalue weighted by atomic mass is 35.5. The highest BCUT2D eigenvalue weighted by molar-refractivity contribution is 8.00. The maximum absolute atomic E-state index is 6.34. The highest BCUT2D eigenvalue weighted by Crippen LogP contribution is 2.36. The van der Waals surface area contributed by atoms with Gasteiger partial charge in [-0.25, -0.2) is 0 Å². The quantitative estimate of drug-likeness (QED) is 0.679. The fourth-order valence-corrected chi connectivity index (χ4v) is 3.62. The molecule has 0 unspecified atom stereocenters. The lowest BCUT2D eigenvalue weighted by Gasteiger charge is -2.26. The summed E-state index contributed by atoms with van der Waals surface area (Å²) >= 11 is 8.29. The number of hydrogen-bond donors (Lipinski definition) is 0. The SMILES string of the molecule is Cc1ccc(S[C@@H]2CCCC[C@H]2Cl)cc1. The Morgan fingerprint density at radius 3 is 2.47 bits per heavy atom. The molecule has 1 aromatic carbocycles. The van der Waals surface area contributed by atoms with Crippen molar-refractivity contribution >= 4 is 23.4 Å². The molecule has 2 atom stereocenters. The summed E-state index contributed by atoms with van der Waals surface area (Å²) in [5.74, 6) is 0. The maximum Gasteiger partial charge on any atom is 0.0458 e. The van der Waals surface area contributed by atoms with E-state index >= 15 is 0 Å². The zero-order valence-corrected chi connectivity index (χ0v) is 10.7. The highest BCUT2D eigenvalue weighted by Gasteiger charge is 2.23. The van der Waals surface area contributed by atoms with Crippen molar-refractivity contribution in [2.24, 2.45) is 0 Å². The first-order valence-electron chi connectivity index (χ1n) is 5.63. The summed E-state index contributed by atoms with van der Waals surface area (Å²) in [5, 5.41) is 0.980. The van der Waals surface area contributed by atoms with Crippen molar-refractivity contribution in [3.8, 4) is 0 Å². The lowest BCUT2D eigenvalue weighted by molar-refractivity contribution is 0.522. The van der Waals surface area contributed by atoms with Crippen LogP contribution in [-0.2, 0) is 0 Å². The Bertz CT molecular complexity index is 307. The third-order valence-electron chi connectivity index (χ3n) is 2.93. The van der Waals surface area contributed by atoms with Crippen LogP contribution in [0.1, 0.15) is 31.2 Å². The van der Waals surface area contributed by atoms with Crippen LogP contribution in [0.3, 0.4) is 0 Å². The van der Waals surface area contributed by atoms with Crippen molar-refractivity contribution in [2.45, 2.75) is 48.1 Å². The molecule has 1 aliphatic carbocycles. The van der Waals surface area contributed by atoms with Crippen LogP contribution in [0.4, 0.5) is 0 Å². The summed E-state index contributed by atoms with van der Waals surface area (Å²) in [6, 6.07) is 8.76. The molecular formula is C13H17ClS. The molecule has 0 aromatic heterocycles. The van der Waals surface area contributed by atoms with Crippen LogP contribution in [0, 0.1) is 6.92 Å². The predicted molar refractivity (Wildman–Crippen MR) is 68.9 cm³/mol. The fourth-order valence-electron chi connectivity index (χ4n) is 1.98. The number of aryl methyl sites for hydroxylation is 1. The predicted octanol–water partition coefficient (Wildman–Crippen LogP) is 4.64. The van der Waals surface area contributed by atoms with E-state index in [-0.39, 0.29) is 0 Å². The molecule has 0 amide bonds. The molecule has 2 rings (SSSR count). The van der Waals surface area contributed by atoms with Crippen LogP contribution >= 0.6 is 23.4 Å². The Morgan fingerprint density at radius 2 is 1.80 bits per heavy atom. The van der Waals surface area contributed by atoms with Crippen LogP contribution in [0.15, 0.2) is 29.2 Å². The van der Waals surface area contributed by atoms with E-state index < -0.39 is 0 Å². The van der Waals surface area contributed by atoms with Gasteiger partial charge in [0.25, 0.3) is 0 Å². The van der Waals surface area contributed by atoms with E-state index in [1.54, 1.807) is 0 Å². The molecule has 0 spiro atoms. The first kappa shape index (κ1) is 11.3. The Balaban J connectivity index is 1.98. The van der Waals surface area contributed by atoms with Crippen molar-refractivity contribution in [2.75, 3.05) is 0 Å².